The van der Waals surface area contributed by atoms with Crippen LogP contribution in [0.2, 0.25) is 0 Å². The lowest BCUT2D eigenvalue weighted by atomic mass is 10.1. The molecule has 0 aliphatic carbocycles. The average Bonchev–Trinajstić information content (AvgIpc) is 2.60. The van der Waals surface area contributed by atoms with Gasteiger partial charge in [0.05, 0.1) is 5.56 Å². The van der Waals surface area contributed by atoms with Crippen LogP contribution in [0.15, 0.2) is 24.3 Å². The minimum absolute atomic E-state index is 0.0753. The van der Waals surface area contributed by atoms with E-state index in [4.69, 9.17) is 10.8 Å². The second kappa shape index (κ2) is 4.14. The quantitative estimate of drug-likeness (QED) is 0.867. The lowest BCUT2D eigenvalue weighted by Crippen LogP contribution is -1.97. The fourth-order valence-electron chi connectivity index (χ4n) is 1.39. The van der Waals surface area contributed by atoms with Crippen LogP contribution in [0.25, 0.3) is 10.4 Å². The fourth-order valence-corrected chi connectivity index (χ4v) is 2.34. The number of anilines is 1. The van der Waals surface area contributed by atoms with Gasteiger partial charge in [0.2, 0.25) is 0 Å². The molecule has 0 unspecified atom stereocenters. The molecule has 1 heterocycles. The highest BCUT2D eigenvalue weighted by Crippen LogP contribution is 2.34. The van der Waals surface area contributed by atoms with Gasteiger partial charge in [-0.15, -0.1) is 11.3 Å². The van der Waals surface area contributed by atoms with E-state index in [1.165, 1.54) is 12.1 Å². The largest absolute Gasteiger partial charge is 0.478 e. The van der Waals surface area contributed by atoms with E-state index >= 15 is 0 Å². The minimum Gasteiger partial charge on any atom is -0.478 e. The molecule has 6 heteroatoms. The summed E-state index contributed by atoms with van der Waals surface area (Å²) >= 11 is 0.950. The van der Waals surface area contributed by atoms with Crippen molar-refractivity contribution in [3.63, 3.8) is 0 Å². The number of benzene rings is 1. The van der Waals surface area contributed by atoms with Gasteiger partial charge in [-0.05, 0) is 18.2 Å². The van der Waals surface area contributed by atoms with Gasteiger partial charge in [-0.3, -0.25) is 0 Å². The third kappa shape index (κ3) is 2.12. The molecule has 0 radical (unpaired) electrons. The standard InChI is InChI=1S/C11H7F2NO2S/c12-5-1-2-6(8(13)3-5)9-4-7(11(15)16)10(14)17-9/h1-4H,14H2,(H,15,16). The Labute approximate surface area is 99.1 Å². The summed E-state index contributed by atoms with van der Waals surface area (Å²) in [7, 11) is 0. The lowest BCUT2D eigenvalue weighted by molar-refractivity contribution is 0.0698. The highest BCUT2D eigenvalue weighted by Gasteiger charge is 2.16. The molecule has 1 aromatic heterocycles. The van der Waals surface area contributed by atoms with E-state index in [2.05, 4.69) is 0 Å². The van der Waals surface area contributed by atoms with E-state index < -0.39 is 17.6 Å². The van der Waals surface area contributed by atoms with Gasteiger partial charge < -0.3 is 10.8 Å². The number of hydrogen-bond acceptors (Lipinski definition) is 3. The number of aromatic carboxylic acids is 1. The van der Waals surface area contributed by atoms with Gasteiger partial charge in [-0.1, -0.05) is 0 Å². The molecule has 2 aromatic rings. The van der Waals surface area contributed by atoms with E-state index in [0.717, 1.165) is 23.5 Å². The SMILES string of the molecule is Nc1sc(-c2ccc(F)cc2F)cc1C(=O)O. The van der Waals surface area contributed by atoms with Crippen molar-refractivity contribution in [2.75, 3.05) is 5.73 Å². The van der Waals surface area contributed by atoms with Gasteiger partial charge >= 0.3 is 5.97 Å². The third-order valence-electron chi connectivity index (χ3n) is 2.19. The van der Waals surface area contributed by atoms with Gasteiger partial charge in [-0.2, -0.15) is 0 Å². The second-order valence-corrected chi connectivity index (χ2v) is 4.40. The van der Waals surface area contributed by atoms with Crippen LogP contribution in [0.1, 0.15) is 10.4 Å². The number of nitrogens with two attached hydrogens (primary N) is 1. The molecule has 0 aliphatic heterocycles. The molecular formula is C11H7F2NO2S. The lowest BCUT2D eigenvalue weighted by Gasteiger charge is -1.99. The Hall–Kier alpha value is -1.95. The first-order chi connectivity index (χ1) is 7.99. The van der Waals surface area contributed by atoms with E-state index in [1.807, 2.05) is 0 Å². The van der Waals surface area contributed by atoms with Crippen molar-refractivity contribution in [1.82, 2.24) is 0 Å². The number of carboxylic acids is 1. The molecule has 3 nitrogen and oxygen atoms in total. The third-order valence-corrected chi connectivity index (χ3v) is 3.19. The molecule has 0 fully saturated rings. The Kier molecular flexibility index (Phi) is 2.81. The van der Waals surface area contributed by atoms with Crippen molar-refractivity contribution >= 4 is 22.3 Å². The van der Waals surface area contributed by atoms with Gasteiger partial charge in [0.1, 0.15) is 16.6 Å². The van der Waals surface area contributed by atoms with Gasteiger partial charge in [0.25, 0.3) is 0 Å². The summed E-state index contributed by atoms with van der Waals surface area (Å²) in [6, 6.07) is 4.38. The van der Waals surface area contributed by atoms with Crippen LogP contribution in [-0.4, -0.2) is 11.1 Å². The fraction of sp³-hybridized carbons (Fsp3) is 0. The maximum absolute atomic E-state index is 13.5. The van der Waals surface area contributed by atoms with Crippen LogP contribution in [0.4, 0.5) is 13.8 Å². The van der Waals surface area contributed by atoms with Crippen LogP contribution in [-0.2, 0) is 0 Å². The number of nitrogen functional groups attached to an aromatic ring is 1. The molecule has 0 bridgehead atoms. The predicted octanol–water partition coefficient (Wildman–Crippen LogP) is 2.97. The Morgan fingerprint density at radius 3 is 2.53 bits per heavy atom. The van der Waals surface area contributed by atoms with Crippen molar-refractivity contribution in [2.45, 2.75) is 0 Å². The smallest absolute Gasteiger partial charge is 0.338 e. The molecular weight excluding hydrogens is 248 g/mol. The van der Waals surface area contributed by atoms with Crippen molar-refractivity contribution in [3.05, 3.63) is 41.5 Å². The molecule has 0 aliphatic rings. The Morgan fingerprint density at radius 1 is 1.29 bits per heavy atom. The number of carbonyl (C=O) groups is 1. The maximum Gasteiger partial charge on any atom is 0.338 e. The van der Waals surface area contributed by atoms with E-state index in [0.29, 0.717) is 4.88 Å². The zero-order valence-corrected chi connectivity index (χ0v) is 9.22. The first-order valence-corrected chi connectivity index (χ1v) is 5.38. The summed E-state index contributed by atoms with van der Waals surface area (Å²) in [6.07, 6.45) is 0. The van der Waals surface area contributed by atoms with Crippen molar-refractivity contribution in [2.24, 2.45) is 0 Å². The van der Waals surface area contributed by atoms with Crippen LogP contribution in [0.5, 0.6) is 0 Å². The Bertz CT molecular complexity index is 595. The van der Waals surface area contributed by atoms with Crippen molar-refractivity contribution < 1.29 is 18.7 Å². The highest BCUT2D eigenvalue weighted by molar-refractivity contribution is 7.19. The second-order valence-electron chi connectivity index (χ2n) is 3.32. The molecule has 0 saturated heterocycles. The molecule has 0 amide bonds. The molecule has 3 N–H and O–H groups in total. The van der Waals surface area contributed by atoms with Crippen LogP contribution < -0.4 is 5.73 Å². The average molecular weight is 255 g/mol. The monoisotopic (exact) mass is 255 g/mol. The number of carboxylic acid groups (broad SMARTS) is 1. The first-order valence-electron chi connectivity index (χ1n) is 4.57. The molecule has 88 valence electrons. The summed E-state index contributed by atoms with van der Waals surface area (Å²) in [5.74, 6) is -2.61. The molecule has 0 saturated carbocycles. The summed E-state index contributed by atoms with van der Waals surface area (Å²) in [6.45, 7) is 0. The number of thiophene rings is 1. The van der Waals surface area contributed by atoms with Gasteiger partial charge in [0, 0.05) is 16.5 Å². The van der Waals surface area contributed by atoms with E-state index in [1.54, 1.807) is 0 Å². The summed E-state index contributed by atoms with van der Waals surface area (Å²) in [5, 5.41) is 8.91. The summed E-state index contributed by atoms with van der Waals surface area (Å²) in [4.78, 5) is 11.1. The molecule has 17 heavy (non-hydrogen) atoms. The first kappa shape index (κ1) is 11.5. The molecule has 1 aromatic carbocycles. The molecule has 0 spiro atoms. The van der Waals surface area contributed by atoms with Crippen LogP contribution >= 0.6 is 11.3 Å². The Morgan fingerprint density at radius 2 is 2.00 bits per heavy atom. The number of halogens is 2. The van der Waals surface area contributed by atoms with Crippen molar-refractivity contribution in [3.8, 4) is 10.4 Å². The van der Waals surface area contributed by atoms with Gasteiger partial charge in [-0.25, -0.2) is 13.6 Å². The summed E-state index contributed by atoms with van der Waals surface area (Å²) in [5.41, 5.74) is 5.56. The maximum atomic E-state index is 13.5. The molecule has 2 rings (SSSR count). The number of hydrogen-bond donors (Lipinski definition) is 2. The minimum atomic E-state index is -1.17. The van der Waals surface area contributed by atoms with Gasteiger partial charge in [0.15, 0.2) is 0 Å². The highest BCUT2D eigenvalue weighted by atomic mass is 32.1. The zero-order chi connectivity index (χ0) is 12.6. The van der Waals surface area contributed by atoms with E-state index in [9.17, 15) is 13.6 Å². The van der Waals surface area contributed by atoms with Crippen molar-refractivity contribution in [1.29, 1.82) is 0 Å². The molecule has 0 atom stereocenters. The Balaban J connectivity index is 2.53. The number of rotatable bonds is 2. The summed E-state index contributed by atoms with van der Waals surface area (Å²) < 4.78 is 26.2. The van der Waals surface area contributed by atoms with Crippen LogP contribution in [0.3, 0.4) is 0 Å². The van der Waals surface area contributed by atoms with E-state index in [-0.39, 0.29) is 16.1 Å². The normalized spacial score (nSPS) is 10.5. The topological polar surface area (TPSA) is 63.3 Å². The predicted molar refractivity (Wildman–Crippen MR) is 61.0 cm³/mol. The van der Waals surface area contributed by atoms with Crippen LogP contribution in [0, 0.1) is 11.6 Å². The zero-order valence-electron chi connectivity index (χ0n) is 8.41.